The largest absolute Gasteiger partial charge is 0.489 e. The number of ketones is 1. The van der Waals surface area contributed by atoms with E-state index in [1.54, 1.807) is 18.2 Å². The van der Waals surface area contributed by atoms with E-state index in [2.05, 4.69) is 6.92 Å². The summed E-state index contributed by atoms with van der Waals surface area (Å²) in [5.74, 6) is -0.361. The SMILES string of the molecule is CCCCCCCC(=O)c1cc(OCc2ccccc2)ccc1CC(=O)O. The molecular weight excluding hydrogens is 340 g/mol. The van der Waals surface area contributed by atoms with Crippen molar-refractivity contribution in [3.8, 4) is 5.75 Å². The van der Waals surface area contributed by atoms with Gasteiger partial charge in [0, 0.05) is 12.0 Å². The van der Waals surface area contributed by atoms with Crippen molar-refractivity contribution in [2.24, 2.45) is 0 Å². The van der Waals surface area contributed by atoms with Crippen molar-refractivity contribution >= 4 is 11.8 Å². The normalized spacial score (nSPS) is 10.6. The van der Waals surface area contributed by atoms with E-state index in [4.69, 9.17) is 9.84 Å². The van der Waals surface area contributed by atoms with Crippen molar-refractivity contribution < 1.29 is 19.4 Å². The number of Topliss-reactive ketones (excluding diaryl/α,β-unsaturated/α-hetero) is 1. The van der Waals surface area contributed by atoms with Gasteiger partial charge in [-0.15, -0.1) is 0 Å². The number of unbranched alkanes of at least 4 members (excludes halogenated alkanes) is 4. The fraction of sp³-hybridized carbons (Fsp3) is 0.391. The summed E-state index contributed by atoms with van der Waals surface area (Å²) < 4.78 is 5.80. The third-order valence-electron chi connectivity index (χ3n) is 4.48. The van der Waals surface area contributed by atoms with Crippen LogP contribution in [0, 0.1) is 0 Å². The van der Waals surface area contributed by atoms with Crippen molar-refractivity contribution in [2.45, 2.75) is 58.5 Å². The summed E-state index contributed by atoms with van der Waals surface area (Å²) >= 11 is 0. The van der Waals surface area contributed by atoms with Crippen LogP contribution >= 0.6 is 0 Å². The summed E-state index contributed by atoms with van der Waals surface area (Å²) in [7, 11) is 0. The number of carboxylic acids is 1. The van der Waals surface area contributed by atoms with Gasteiger partial charge in [-0.2, -0.15) is 0 Å². The van der Waals surface area contributed by atoms with E-state index >= 15 is 0 Å². The molecule has 2 rings (SSSR count). The van der Waals surface area contributed by atoms with Gasteiger partial charge in [0.25, 0.3) is 0 Å². The number of hydrogen-bond donors (Lipinski definition) is 1. The Kier molecular flexibility index (Phi) is 8.56. The van der Waals surface area contributed by atoms with Crippen molar-refractivity contribution in [3.05, 3.63) is 65.2 Å². The first kappa shape index (κ1) is 20.7. The first-order valence-electron chi connectivity index (χ1n) is 9.64. The first-order valence-corrected chi connectivity index (χ1v) is 9.64. The quantitative estimate of drug-likeness (QED) is 0.400. The molecule has 0 aliphatic rings. The van der Waals surface area contributed by atoms with E-state index in [1.165, 1.54) is 6.42 Å². The maximum absolute atomic E-state index is 12.7. The minimum Gasteiger partial charge on any atom is -0.489 e. The fourth-order valence-corrected chi connectivity index (χ4v) is 2.99. The van der Waals surface area contributed by atoms with Gasteiger partial charge in [-0.3, -0.25) is 9.59 Å². The van der Waals surface area contributed by atoms with Crippen molar-refractivity contribution in [1.82, 2.24) is 0 Å². The Labute approximate surface area is 161 Å². The topological polar surface area (TPSA) is 63.6 Å². The summed E-state index contributed by atoms with van der Waals surface area (Å²) in [6.07, 6.45) is 5.62. The van der Waals surface area contributed by atoms with E-state index in [9.17, 15) is 9.59 Å². The molecule has 0 heterocycles. The summed E-state index contributed by atoms with van der Waals surface area (Å²) in [4.78, 5) is 23.8. The van der Waals surface area contributed by atoms with Gasteiger partial charge in [-0.05, 0) is 29.7 Å². The van der Waals surface area contributed by atoms with Crippen LogP contribution in [0.2, 0.25) is 0 Å². The van der Waals surface area contributed by atoms with E-state index < -0.39 is 5.97 Å². The minimum atomic E-state index is -0.940. The summed E-state index contributed by atoms with van der Waals surface area (Å²) in [6.45, 7) is 2.56. The lowest BCUT2D eigenvalue weighted by atomic mass is 9.97. The predicted octanol–water partition coefficient (Wildman–Crippen LogP) is 5.44. The number of aliphatic carboxylic acids is 1. The Hall–Kier alpha value is -2.62. The smallest absolute Gasteiger partial charge is 0.307 e. The van der Waals surface area contributed by atoms with Crippen LogP contribution in [0.25, 0.3) is 0 Å². The third kappa shape index (κ3) is 7.26. The van der Waals surface area contributed by atoms with Gasteiger partial charge < -0.3 is 9.84 Å². The molecule has 0 saturated carbocycles. The number of hydrogen-bond acceptors (Lipinski definition) is 3. The molecule has 4 nitrogen and oxygen atoms in total. The molecule has 2 aromatic rings. The number of benzene rings is 2. The highest BCUT2D eigenvalue weighted by atomic mass is 16.5. The molecule has 0 saturated heterocycles. The molecule has 2 aromatic carbocycles. The molecule has 0 aromatic heterocycles. The molecule has 0 aliphatic carbocycles. The highest BCUT2D eigenvalue weighted by Crippen LogP contribution is 2.22. The molecule has 0 radical (unpaired) electrons. The van der Waals surface area contributed by atoms with E-state index in [0.29, 0.717) is 29.9 Å². The second kappa shape index (κ2) is 11.2. The van der Waals surface area contributed by atoms with Gasteiger partial charge in [0.15, 0.2) is 5.78 Å². The van der Waals surface area contributed by atoms with Gasteiger partial charge in [-0.25, -0.2) is 0 Å². The molecule has 27 heavy (non-hydrogen) atoms. The Morgan fingerprint density at radius 3 is 2.41 bits per heavy atom. The zero-order chi connectivity index (χ0) is 19.5. The lowest BCUT2D eigenvalue weighted by Gasteiger charge is -2.12. The average Bonchev–Trinajstić information content (AvgIpc) is 2.67. The van der Waals surface area contributed by atoms with Gasteiger partial charge in [0.05, 0.1) is 6.42 Å². The standard InChI is InChI=1S/C23H28O4/c1-2-3-4-5-9-12-22(24)21-16-20(14-13-19(21)15-23(25)26)27-17-18-10-7-6-8-11-18/h6-8,10-11,13-14,16H,2-5,9,12,15,17H2,1H3,(H,25,26). The number of carbonyl (C=O) groups excluding carboxylic acids is 1. The van der Waals surface area contributed by atoms with Crippen molar-refractivity contribution in [2.75, 3.05) is 0 Å². The minimum absolute atomic E-state index is 0.00657. The lowest BCUT2D eigenvalue weighted by Crippen LogP contribution is -2.09. The van der Waals surface area contributed by atoms with Crippen LogP contribution in [0.15, 0.2) is 48.5 Å². The van der Waals surface area contributed by atoms with Gasteiger partial charge in [-0.1, -0.05) is 69.0 Å². The van der Waals surface area contributed by atoms with E-state index in [0.717, 1.165) is 31.2 Å². The van der Waals surface area contributed by atoms with Gasteiger partial charge in [0.2, 0.25) is 0 Å². The Balaban J connectivity index is 2.06. The zero-order valence-electron chi connectivity index (χ0n) is 15.9. The molecule has 0 fully saturated rings. The number of rotatable bonds is 12. The molecule has 1 N–H and O–H groups in total. The molecular formula is C23H28O4. The monoisotopic (exact) mass is 368 g/mol. The molecule has 0 amide bonds. The van der Waals surface area contributed by atoms with Crippen LogP contribution in [0.5, 0.6) is 5.75 Å². The Bertz CT molecular complexity index is 737. The number of carboxylic acid groups (broad SMARTS) is 1. The fourth-order valence-electron chi connectivity index (χ4n) is 2.99. The molecule has 144 valence electrons. The summed E-state index contributed by atoms with van der Waals surface area (Å²) in [5, 5.41) is 9.13. The van der Waals surface area contributed by atoms with Crippen LogP contribution < -0.4 is 4.74 Å². The van der Waals surface area contributed by atoms with Crippen molar-refractivity contribution in [1.29, 1.82) is 0 Å². The van der Waals surface area contributed by atoms with Crippen LogP contribution in [0.4, 0.5) is 0 Å². The highest BCUT2D eigenvalue weighted by Gasteiger charge is 2.15. The highest BCUT2D eigenvalue weighted by molar-refractivity contribution is 5.98. The zero-order valence-corrected chi connectivity index (χ0v) is 15.9. The number of ether oxygens (including phenoxy) is 1. The first-order chi connectivity index (χ1) is 13.1. The predicted molar refractivity (Wildman–Crippen MR) is 106 cm³/mol. The average molecular weight is 368 g/mol. The van der Waals surface area contributed by atoms with Gasteiger partial charge >= 0.3 is 5.97 Å². The Morgan fingerprint density at radius 1 is 0.963 bits per heavy atom. The van der Waals surface area contributed by atoms with Crippen molar-refractivity contribution in [3.63, 3.8) is 0 Å². The maximum atomic E-state index is 12.7. The summed E-state index contributed by atoms with van der Waals surface area (Å²) in [6, 6.07) is 14.9. The van der Waals surface area contributed by atoms with Gasteiger partial charge in [0.1, 0.15) is 12.4 Å². The van der Waals surface area contributed by atoms with Crippen LogP contribution in [-0.4, -0.2) is 16.9 Å². The second-order valence-electron chi connectivity index (χ2n) is 6.75. The van der Waals surface area contributed by atoms with E-state index in [-0.39, 0.29) is 12.2 Å². The molecule has 0 unspecified atom stereocenters. The third-order valence-corrected chi connectivity index (χ3v) is 4.48. The van der Waals surface area contributed by atoms with Crippen LogP contribution in [-0.2, 0) is 17.8 Å². The molecule has 0 bridgehead atoms. The van der Waals surface area contributed by atoms with Crippen LogP contribution in [0.1, 0.15) is 66.9 Å². The van der Waals surface area contributed by atoms with E-state index in [1.807, 2.05) is 30.3 Å². The summed E-state index contributed by atoms with van der Waals surface area (Å²) in [5.41, 5.74) is 2.06. The van der Waals surface area contributed by atoms with Crippen LogP contribution in [0.3, 0.4) is 0 Å². The molecule has 4 heteroatoms. The Morgan fingerprint density at radius 2 is 1.70 bits per heavy atom. The lowest BCUT2D eigenvalue weighted by molar-refractivity contribution is -0.136. The molecule has 0 spiro atoms. The molecule has 0 atom stereocenters. The molecule has 0 aliphatic heterocycles. The maximum Gasteiger partial charge on any atom is 0.307 e. The second-order valence-corrected chi connectivity index (χ2v) is 6.75. The number of carbonyl (C=O) groups is 2.